The first kappa shape index (κ1) is 15.8. The van der Waals surface area contributed by atoms with Gasteiger partial charge in [-0.2, -0.15) is 0 Å². The van der Waals surface area contributed by atoms with Crippen LogP contribution in [0.3, 0.4) is 0 Å². The Morgan fingerprint density at radius 1 is 1.22 bits per heavy atom. The zero-order chi connectivity index (χ0) is 16.1. The minimum absolute atomic E-state index is 0.00330. The van der Waals surface area contributed by atoms with Crippen LogP contribution in [0.25, 0.3) is 0 Å². The van der Waals surface area contributed by atoms with E-state index in [0.717, 1.165) is 30.8 Å². The highest BCUT2D eigenvalue weighted by molar-refractivity contribution is 6.33. The van der Waals surface area contributed by atoms with Gasteiger partial charge >= 0.3 is 0 Å². The molecule has 0 saturated carbocycles. The number of amides is 1. The van der Waals surface area contributed by atoms with Crippen LogP contribution >= 0.6 is 11.6 Å². The highest BCUT2D eigenvalue weighted by atomic mass is 35.5. The molecule has 3 rings (SSSR count). The summed E-state index contributed by atoms with van der Waals surface area (Å²) in [4.78, 5) is 12.1. The Balaban J connectivity index is 1.60. The second kappa shape index (κ2) is 7.49. The summed E-state index contributed by atoms with van der Waals surface area (Å²) in [6.07, 6.45) is 1.93. The minimum Gasteiger partial charge on any atom is -0.380 e. The van der Waals surface area contributed by atoms with Gasteiger partial charge in [-0.25, -0.2) is 0 Å². The lowest BCUT2D eigenvalue weighted by atomic mass is 10.2. The first-order valence-electron chi connectivity index (χ1n) is 7.84. The Hall–Kier alpha value is -2.04. The Kier molecular flexibility index (Phi) is 5.16. The molecule has 5 heteroatoms. The molecule has 1 amide bonds. The average molecular weight is 330 g/mol. The lowest BCUT2D eigenvalue weighted by Gasteiger charge is -2.13. The van der Waals surface area contributed by atoms with Gasteiger partial charge in [-0.05, 0) is 43.1 Å². The number of carbonyl (C=O) groups excluding carboxylic acids is 1. The lowest BCUT2D eigenvalue weighted by molar-refractivity contribution is -0.117. The molecule has 1 saturated heterocycles. The number of halogens is 1. The minimum atomic E-state index is -0.0929. The monoisotopic (exact) mass is 329 g/mol. The van der Waals surface area contributed by atoms with E-state index in [2.05, 4.69) is 28.1 Å². The first-order valence-corrected chi connectivity index (χ1v) is 8.22. The van der Waals surface area contributed by atoms with Crippen LogP contribution in [0.5, 0.6) is 0 Å². The second-order valence-corrected chi connectivity index (χ2v) is 6.08. The van der Waals surface area contributed by atoms with Crippen LogP contribution in [0.15, 0.2) is 48.5 Å². The SMILES string of the molecule is O=C(Nc1ccc(NCc2ccccc2)c(Cl)c1)C1CCCN1. The predicted molar refractivity (Wildman–Crippen MR) is 94.9 cm³/mol. The molecule has 0 aliphatic carbocycles. The van der Waals surface area contributed by atoms with Crippen molar-refractivity contribution in [3.05, 3.63) is 59.1 Å². The normalized spacial score (nSPS) is 17.0. The average Bonchev–Trinajstić information content (AvgIpc) is 3.10. The maximum atomic E-state index is 12.1. The fraction of sp³-hybridized carbons (Fsp3) is 0.278. The number of anilines is 2. The van der Waals surface area contributed by atoms with E-state index in [0.29, 0.717) is 11.6 Å². The van der Waals surface area contributed by atoms with Crippen molar-refractivity contribution < 1.29 is 4.79 Å². The van der Waals surface area contributed by atoms with E-state index in [1.54, 1.807) is 6.07 Å². The molecule has 1 fully saturated rings. The van der Waals surface area contributed by atoms with E-state index < -0.39 is 0 Å². The van der Waals surface area contributed by atoms with Crippen LogP contribution in [0.1, 0.15) is 18.4 Å². The second-order valence-electron chi connectivity index (χ2n) is 5.67. The van der Waals surface area contributed by atoms with E-state index in [-0.39, 0.29) is 11.9 Å². The third-order valence-corrected chi connectivity index (χ3v) is 4.25. The number of carbonyl (C=O) groups is 1. The molecule has 0 aromatic heterocycles. The number of nitrogens with one attached hydrogen (secondary N) is 3. The largest absolute Gasteiger partial charge is 0.380 e. The smallest absolute Gasteiger partial charge is 0.241 e. The number of hydrogen-bond donors (Lipinski definition) is 3. The molecule has 0 bridgehead atoms. The fourth-order valence-corrected chi connectivity index (χ4v) is 2.91. The molecule has 1 atom stereocenters. The third kappa shape index (κ3) is 4.24. The highest BCUT2D eigenvalue weighted by Gasteiger charge is 2.21. The van der Waals surface area contributed by atoms with Crippen molar-refractivity contribution in [1.82, 2.24) is 5.32 Å². The number of benzene rings is 2. The number of hydrogen-bond acceptors (Lipinski definition) is 3. The molecule has 2 aromatic rings. The van der Waals surface area contributed by atoms with Crippen LogP contribution in [0.2, 0.25) is 5.02 Å². The molecule has 2 aromatic carbocycles. The summed E-state index contributed by atoms with van der Waals surface area (Å²) < 4.78 is 0. The van der Waals surface area contributed by atoms with Crippen molar-refractivity contribution in [2.75, 3.05) is 17.2 Å². The van der Waals surface area contributed by atoms with Crippen molar-refractivity contribution in [2.45, 2.75) is 25.4 Å². The molecular weight excluding hydrogens is 310 g/mol. The van der Waals surface area contributed by atoms with Gasteiger partial charge in [-0.3, -0.25) is 4.79 Å². The Labute approximate surface area is 141 Å². The molecule has 0 spiro atoms. The summed E-state index contributed by atoms with van der Waals surface area (Å²) in [5.74, 6) is 0.00330. The topological polar surface area (TPSA) is 53.2 Å². The Bertz CT molecular complexity index is 669. The van der Waals surface area contributed by atoms with Crippen LogP contribution in [0.4, 0.5) is 11.4 Å². The van der Waals surface area contributed by atoms with Gasteiger partial charge in [-0.15, -0.1) is 0 Å². The van der Waals surface area contributed by atoms with Crippen molar-refractivity contribution in [3.8, 4) is 0 Å². The summed E-state index contributed by atoms with van der Waals surface area (Å²) in [5, 5.41) is 10.00. The van der Waals surface area contributed by atoms with Crippen molar-refractivity contribution in [2.24, 2.45) is 0 Å². The number of rotatable bonds is 5. The van der Waals surface area contributed by atoms with Crippen LogP contribution in [0, 0.1) is 0 Å². The zero-order valence-electron chi connectivity index (χ0n) is 12.8. The maximum absolute atomic E-state index is 12.1. The standard InChI is InChI=1S/C18H20ClN3O/c19-15-11-14(22-18(23)17-7-4-10-20-17)8-9-16(15)21-12-13-5-2-1-3-6-13/h1-3,5-6,8-9,11,17,20-21H,4,7,10,12H2,(H,22,23). The van der Waals surface area contributed by atoms with Gasteiger partial charge in [0.25, 0.3) is 0 Å². The van der Waals surface area contributed by atoms with E-state index in [4.69, 9.17) is 11.6 Å². The molecule has 3 N–H and O–H groups in total. The Morgan fingerprint density at radius 3 is 2.74 bits per heavy atom. The van der Waals surface area contributed by atoms with Gasteiger partial charge in [-0.1, -0.05) is 41.9 Å². The molecule has 1 unspecified atom stereocenters. The molecule has 0 radical (unpaired) electrons. The molecule has 120 valence electrons. The van der Waals surface area contributed by atoms with E-state index >= 15 is 0 Å². The van der Waals surface area contributed by atoms with Crippen LogP contribution < -0.4 is 16.0 Å². The van der Waals surface area contributed by atoms with Gasteiger partial charge in [0.2, 0.25) is 5.91 Å². The third-order valence-electron chi connectivity index (χ3n) is 3.94. The lowest BCUT2D eigenvalue weighted by Crippen LogP contribution is -2.35. The summed E-state index contributed by atoms with van der Waals surface area (Å²) in [7, 11) is 0. The molecule has 23 heavy (non-hydrogen) atoms. The Morgan fingerprint density at radius 2 is 2.04 bits per heavy atom. The fourth-order valence-electron chi connectivity index (χ4n) is 2.67. The van der Waals surface area contributed by atoms with Gasteiger partial charge in [0.15, 0.2) is 0 Å². The summed E-state index contributed by atoms with van der Waals surface area (Å²) in [5.41, 5.74) is 2.76. The van der Waals surface area contributed by atoms with Gasteiger partial charge < -0.3 is 16.0 Å². The van der Waals surface area contributed by atoms with Crippen molar-refractivity contribution in [3.63, 3.8) is 0 Å². The van der Waals surface area contributed by atoms with E-state index in [1.807, 2.05) is 30.3 Å². The first-order chi connectivity index (χ1) is 11.2. The molecule has 1 aliphatic rings. The van der Waals surface area contributed by atoms with Crippen LogP contribution in [-0.2, 0) is 11.3 Å². The van der Waals surface area contributed by atoms with Gasteiger partial charge in [0.1, 0.15) is 0 Å². The van der Waals surface area contributed by atoms with E-state index in [9.17, 15) is 4.79 Å². The molecule has 4 nitrogen and oxygen atoms in total. The van der Waals surface area contributed by atoms with Gasteiger partial charge in [0, 0.05) is 12.2 Å². The summed E-state index contributed by atoms with van der Waals surface area (Å²) in [6, 6.07) is 15.6. The highest BCUT2D eigenvalue weighted by Crippen LogP contribution is 2.26. The zero-order valence-corrected chi connectivity index (χ0v) is 13.6. The van der Waals surface area contributed by atoms with Crippen LogP contribution in [-0.4, -0.2) is 18.5 Å². The van der Waals surface area contributed by atoms with Crippen molar-refractivity contribution in [1.29, 1.82) is 0 Å². The quantitative estimate of drug-likeness (QED) is 0.785. The van der Waals surface area contributed by atoms with Crippen molar-refractivity contribution >= 4 is 28.9 Å². The summed E-state index contributed by atoms with van der Waals surface area (Å²) in [6.45, 7) is 1.61. The summed E-state index contributed by atoms with van der Waals surface area (Å²) >= 11 is 6.31. The predicted octanol–water partition coefficient (Wildman–Crippen LogP) is 3.64. The van der Waals surface area contributed by atoms with E-state index in [1.165, 1.54) is 5.56 Å². The molecular formula is C18H20ClN3O. The molecule has 1 heterocycles. The van der Waals surface area contributed by atoms with Gasteiger partial charge in [0.05, 0.1) is 16.8 Å². The molecule has 1 aliphatic heterocycles. The maximum Gasteiger partial charge on any atom is 0.241 e.